The van der Waals surface area contributed by atoms with Crippen LogP contribution in [-0.4, -0.2) is 12.6 Å². The summed E-state index contributed by atoms with van der Waals surface area (Å²) < 4.78 is 20.5. The molecule has 4 rings (SSSR count). The van der Waals surface area contributed by atoms with Gasteiger partial charge in [-0.25, -0.2) is 9.18 Å². The molecule has 34 heavy (non-hydrogen) atoms. The first kappa shape index (κ1) is 26.1. The van der Waals surface area contributed by atoms with Crippen LogP contribution in [0.3, 0.4) is 0 Å². The molecular weight excluding hydrogens is 534 g/mol. The van der Waals surface area contributed by atoms with E-state index in [0.29, 0.717) is 11.7 Å². The van der Waals surface area contributed by atoms with Crippen LogP contribution in [0.1, 0.15) is 22.8 Å². The van der Waals surface area contributed by atoms with Crippen LogP contribution >= 0.6 is 18.9 Å². The predicted molar refractivity (Wildman–Crippen MR) is 136 cm³/mol. The topological polar surface area (TPSA) is 26.3 Å². The van der Waals surface area contributed by atoms with Gasteiger partial charge < -0.3 is 21.7 Å². The molecule has 0 saturated heterocycles. The lowest BCUT2D eigenvalue weighted by Gasteiger charge is -2.28. The summed E-state index contributed by atoms with van der Waals surface area (Å²) in [5.74, 6) is -1.09. The highest BCUT2D eigenvalue weighted by atomic mass is 79.9. The van der Waals surface area contributed by atoms with Crippen LogP contribution in [0.25, 0.3) is 0 Å². The predicted octanol–water partition coefficient (Wildman–Crippen LogP) is 3.15. The fourth-order valence-electron chi connectivity index (χ4n) is 4.09. The number of carbonyl (C=O) groups is 1. The van der Waals surface area contributed by atoms with E-state index in [1.807, 2.05) is 54.6 Å². The number of halogens is 3. The van der Waals surface area contributed by atoms with Gasteiger partial charge in [0, 0.05) is 5.56 Å². The second-order valence-electron chi connectivity index (χ2n) is 7.61. The van der Waals surface area contributed by atoms with Gasteiger partial charge in [-0.1, -0.05) is 66.2 Å². The Morgan fingerprint density at radius 1 is 0.824 bits per heavy atom. The first-order chi connectivity index (χ1) is 16.1. The average molecular weight is 558 g/mol. The quantitative estimate of drug-likeness (QED) is 0.258. The van der Waals surface area contributed by atoms with Crippen molar-refractivity contribution in [1.82, 2.24) is 0 Å². The largest absolute Gasteiger partial charge is 1.00 e. The van der Waals surface area contributed by atoms with Crippen molar-refractivity contribution in [1.29, 1.82) is 0 Å². The second-order valence-corrected chi connectivity index (χ2v) is 11.5. The molecule has 174 valence electrons. The first-order valence-corrected chi connectivity index (χ1v) is 13.1. The lowest BCUT2D eigenvalue weighted by atomic mass is 10.1. The van der Waals surface area contributed by atoms with Crippen LogP contribution < -0.4 is 32.9 Å². The van der Waals surface area contributed by atoms with Crippen molar-refractivity contribution in [3.05, 3.63) is 125 Å². The first-order valence-electron chi connectivity index (χ1n) is 10.8. The van der Waals surface area contributed by atoms with Crippen molar-refractivity contribution in [3.8, 4) is 0 Å². The van der Waals surface area contributed by atoms with E-state index >= 15 is 4.39 Å². The molecule has 0 saturated carbocycles. The van der Waals surface area contributed by atoms with E-state index < -0.39 is 19.0 Å². The zero-order valence-corrected chi connectivity index (χ0v) is 21.9. The second kappa shape index (κ2) is 11.8. The molecule has 0 spiro atoms. The van der Waals surface area contributed by atoms with Gasteiger partial charge in [0.2, 0.25) is 0 Å². The molecule has 0 N–H and O–H groups in total. The lowest BCUT2D eigenvalue weighted by Crippen LogP contribution is -3.00. The Morgan fingerprint density at radius 2 is 1.26 bits per heavy atom. The molecule has 6 heteroatoms. The van der Waals surface area contributed by atoms with Crippen LogP contribution in [0.2, 0.25) is 5.02 Å². The molecular formula is C28H24BrClFO2P. The van der Waals surface area contributed by atoms with Gasteiger partial charge in [0.15, 0.2) is 0 Å². The van der Waals surface area contributed by atoms with Gasteiger partial charge >= 0.3 is 5.97 Å². The Balaban J connectivity index is 0.00000324. The summed E-state index contributed by atoms with van der Waals surface area (Å²) in [5, 5.41) is 3.62. The highest BCUT2D eigenvalue weighted by Crippen LogP contribution is 2.59. The Labute approximate surface area is 215 Å². The fourth-order valence-corrected chi connectivity index (χ4v) is 8.74. The Morgan fingerprint density at radius 3 is 1.65 bits per heavy atom. The van der Waals surface area contributed by atoms with Gasteiger partial charge in [0.25, 0.3) is 0 Å². The minimum Gasteiger partial charge on any atom is -1.00 e. The van der Waals surface area contributed by atoms with Gasteiger partial charge in [-0.05, 0) is 55.5 Å². The minimum absolute atomic E-state index is 0. The molecule has 4 aromatic rings. The van der Waals surface area contributed by atoms with Crippen molar-refractivity contribution in [2.75, 3.05) is 6.61 Å². The van der Waals surface area contributed by atoms with Crippen LogP contribution in [0.5, 0.6) is 0 Å². The fraction of sp³-hybridized carbons (Fsp3) is 0.107. The lowest BCUT2D eigenvalue weighted by molar-refractivity contribution is -0.0000247. The molecule has 0 aliphatic heterocycles. The normalized spacial score (nSPS) is 10.9. The van der Waals surface area contributed by atoms with Crippen LogP contribution in [0.15, 0.2) is 103 Å². The number of rotatable bonds is 7. The van der Waals surface area contributed by atoms with Crippen molar-refractivity contribution in [3.63, 3.8) is 0 Å². The smallest absolute Gasteiger partial charge is 0.338 e. The summed E-state index contributed by atoms with van der Waals surface area (Å²) in [5.41, 5.74) is 0.515. The standard InChI is InChI=1S/C28H24ClFO2P.BrH/c1-2-32-28(31)21-18-26(29)25(27(30)19-21)20-33(22-12-6-3-7-13-22,23-14-8-4-9-15-23)24-16-10-5-11-17-24;/h3-19H,2,20H2,1H3;1H/q+1;/p-1. The molecule has 2 nitrogen and oxygen atoms in total. The third-order valence-electron chi connectivity index (χ3n) is 5.64. The Hall–Kier alpha value is -2.52. The number of ether oxygens (including phenoxy) is 1. The van der Waals surface area contributed by atoms with E-state index in [4.69, 9.17) is 16.3 Å². The van der Waals surface area contributed by atoms with Crippen molar-refractivity contribution < 1.29 is 30.9 Å². The van der Waals surface area contributed by atoms with Crippen molar-refractivity contribution >= 4 is 40.7 Å². The van der Waals surface area contributed by atoms with E-state index in [2.05, 4.69) is 36.4 Å². The molecule has 0 aromatic heterocycles. The maximum absolute atomic E-state index is 15.5. The molecule has 0 bridgehead atoms. The summed E-state index contributed by atoms with van der Waals surface area (Å²) in [6, 6.07) is 33.4. The summed E-state index contributed by atoms with van der Waals surface area (Å²) >= 11 is 6.62. The highest BCUT2D eigenvalue weighted by Gasteiger charge is 2.46. The van der Waals surface area contributed by atoms with Crippen LogP contribution in [-0.2, 0) is 10.9 Å². The van der Waals surface area contributed by atoms with Gasteiger partial charge in [-0.3, -0.25) is 0 Å². The molecule has 4 aromatic carbocycles. The molecule has 0 amide bonds. The number of esters is 1. The summed E-state index contributed by atoms with van der Waals surface area (Å²) in [6.45, 7) is 1.92. The molecule has 0 fully saturated rings. The molecule has 0 heterocycles. The van der Waals surface area contributed by atoms with E-state index in [-0.39, 0.29) is 34.2 Å². The zero-order chi connectivity index (χ0) is 23.3. The van der Waals surface area contributed by atoms with E-state index in [9.17, 15) is 4.79 Å². The summed E-state index contributed by atoms with van der Waals surface area (Å²) in [6.07, 6.45) is 0.388. The number of hydrogen-bond acceptors (Lipinski definition) is 2. The third kappa shape index (κ3) is 5.25. The average Bonchev–Trinajstić information content (AvgIpc) is 2.85. The number of benzene rings is 4. The summed E-state index contributed by atoms with van der Waals surface area (Å²) in [7, 11) is -2.32. The Bertz CT molecular complexity index is 1120. The highest BCUT2D eigenvalue weighted by molar-refractivity contribution is 7.95. The number of carbonyl (C=O) groups excluding carboxylic acids is 1. The van der Waals surface area contributed by atoms with Gasteiger partial charge in [0.05, 0.1) is 17.2 Å². The molecule has 0 aliphatic carbocycles. The van der Waals surface area contributed by atoms with E-state index in [1.165, 1.54) is 12.1 Å². The molecule has 0 radical (unpaired) electrons. The van der Waals surface area contributed by atoms with Crippen molar-refractivity contribution in [2.24, 2.45) is 0 Å². The SMILES string of the molecule is CCOC(=O)c1cc(F)c(C[P+](c2ccccc2)(c2ccccc2)c2ccccc2)c(Cl)c1.[Br-]. The van der Waals surface area contributed by atoms with E-state index in [0.717, 1.165) is 15.9 Å². The maximum atomic E-state index is 15.5. The maximum Gasteiger partial charge on any atom is 0.338 e. The van der Waals surface area contributed by atoms with E-state index in [1.54, 1.807) is 6.92 Å². The molecule has 0 unspecified atom stereocenters. The number of hydrogen-bond donors (Lipinski definition) is 0. The zero-order valence-electron chi connectivity index (χ0n) is 18.6. The third-order valence-corrected chi connectivity index (χ3v) is 10.3. The van der Waals surface area contributed by atoms with Gasteiger partial charge in [-0.2, -0.15) is 0 Å². The molecule has 0 atom stereocenters. The van der Waals surface area contributed by atoms with Crippen LogP contribution in [0.4, 0.5) is 4.39 Å². The summed E-state index contributed by atoms with van der Waals surface area (Å²) in [4.78, 5) is 12.2. The Kier molecular flexibility index (Phi) is 9.02. The van der Waals surface area contributed by atoms with Crippen molar-refractivity contribution in [2.45, 2.75) is 13.1 Å². The molecule has 0 aliphatic rings. The monoisotopic (exact) mass is 556 g/mol. The van der Waals surface area contributed by atoms with Gasteiger partial charge in [-0.15, -0.1) is 0 Å². The minimum atomic E-state index is -2.32. The van der Waals surface area contributed by atoms with Gasteiger partial charge in [0.1, 0.15) is 35.2 Å². The van der Waals surface area contributed by atoms with Crippen LogP contribution in [0, 0.1) is 5.82 Å².